The van der Waals surface area contributed by atoms with Crippen LogP contribution in [0.15, 0.2) is 47.0 Å². The number of pyridine rings is 1. The lowest BCUT2D eigenvalue weighted by atomic mass is 10.2. The van der Waals surface area contributed by atoms with E-state index in [4.69, 9.17) is 20.8 Å². The Morgan fingerprint density at radius 3 is 2.90 bits per heavy atom. The molecule has 3 aromatic rings. The van der Waals surface area contributed by atoms with Crippen LogP contribution in [0.1, 0.15) is 18.7 Å². The van der Waals surface area contributed by atoms with Crippen molar-refractivity contribution in [2.24, 2.45) is 0 Å². The predicted molar refractivity (Wildman–Crippen MR) is 84.1 cm³/mol. The van der Waals surface area contributed by atoms with Gasteiger partial charge in [0.2, 0.25) is 0 Å². The first-order valence-corrected chi connectivity index (χ1v) is 7.00. The average Bonchev–Trinajstić information content (AvgIpc) is 2.93. The molecule has 0 aliphatic carbocycles. The van der Waals surface area contributed by atoms with Gasteiger partial charge in [0.25, 0.3) is 0 Å². The third-order valence-electron chi connectivity index (χ3n) is 3.30. The van der Waals surface area contributed by atoms with Crippen LogP contribution in [0.5, 0.6) is 5.75 Å². The van der Waals surface area contributed by atoms with Crippen molar-refractivity contribution < 1.29 is 9.15 Å². The van der Waals surface area contributed by atoms with Crippen LogP contribution in [0.3, 0.4) is 0 Å². The van der Waals surface area contributed by atoms with E-state index >= 15 is 0 Å². The molecular weight excluding hydrogens is 288 g/mol. The molecule has 21 heavy (non-hydrogen) atoms. The first-order valence-electron chi connectivity index (χ1n) is 6.62. The van der Waals surface area contributed by atoms with Gasteiger partial charge >= 0.3 is 0 Å². The molecule has 0 fully saturated rings. The van der Waals surface area contributed by atoms with Crippen molar-refractivity contribution >= 4 is 28.3 Å². The molecule has 1 unspecified atom stereocenters. The van der Waals surface area contributed by atoms with Crippen LogP contribution in [0.25, 0.3) is 11.0 Å². The molecule has 3 rings (SSSR count). The summed E-state index contributed by atoms with van der Waals surface area (Å²) in [6.45, 7) is 2.01. The molecule has 1 atom stereocenters. The summed E-state index contributed by atoms with van der Waals surface area (Å²) in [7, 11) is 1.63. The fraction of sp³-hybridized carbons (Fsp3) is 0.188. The first-order chi connectivity index (χ1) is 10.2. The molecule has 0 saturated carbocycles. The lowest BCUT2D eigenvalue weighted by Crippen LogP contribution is -2.06. The Bertz CT molecular complexity index is 770. The van der Waals surface area contributed by atoms with Crippen LogP contribution in [-0.4, -0.2) is 12.1 Å². The summed E-state index contributed by atoms with van der Waals surface area (Å²) in [6.07, 6.45) is 1.66. The van der Waals surface area contributed by atoms with Crippen LogP contribution in [-0.2, 0) is 0 Å². The Morgan fingerprint density at radius 2 is 2.14 bits per heavy atom. The van der Waals surface area contributed by atoms with Crippen LogP contribution >= 0.6 is 11.6 Å². The zero-order valence-electron chi connectivity index (χ0n) is 11.8. The molecular formula is C16H15ClN2O2. The molecule has 0 radical (unpaired) electrons. The maximum atomic E-state index is 6.06. The number of rotatable bonds is 4. The molecule has 4 nitrogen and oxygen atoms in total. The quantitative estimate of drug-likeness (QED) is 0.712. The minimum atomic E-state index is -0.0381. The first kappa shape index (κ1) is 13.8. The average molecular weight is 303 g/mol. The maximum absolute atomic E-state index is 6.06. The lowest BCUT2D eigenvalue weighted by molar-refractivity contribution is 0.406. The van der Waals surface area contributed by atoms with E-state index in [0.29, 0.717) is 5.15 Å². The second kappa shape index (κ2) is 5.66. The number of furan rings is 1. The molecule has 0 aliphatic heterocycles. The minimum Gasteiger partial charge on any atom is -0.493 e. The number of nitrogens with zero attached hydrogens (tertiary/aromatic N) is 1. The Morgan fingerprint density at radius 1 is 1.29 bits per heavy atom. The van der Waals surface area contributed by atoms with Gasteiger partial charge in [-0.15, -0.1) is 0 Å². The molecule has 0 amide bonds. The van der Waals surface area contributed by atoms with Crippen molar-refractivity contribution in [3.8, 4) is 5.75 Å². The standard InChI is InChI=1S/C16H15ClN2O2/c1-10(19-12-6-4-8-18-16(12)17)14-9-11-5-3-7-13(20-2)15(11)21-14/h3-10,19H,1-2H3. The summed E-state index contributed by atoms with van der Waals surface area (Å²) in [5.41, 5.74) is 1.53. The highest BCUT2D eigenvalue weighted by atomic mass is 35.5. The number of ether oxygens (including phenoxy) is 1. The SMILES string of the molecule is COc1cccc2cc(C(C)Nc3cccnc3Cl)oc12. The molecule has 0 bridgehead atoms. The second-order valence-electron chi connectivity index (χ2n) is 4.74. The van der Waals surface area contributed by atoms with E-state index in [1.807, 2.05) is 43.3 Å². The largest absolute Gasteiger partial charge is 0.493 e. The van der Waals surface area contributed by atoms with Gasteiger partial charge in [-0.1, -0.05) is 23.7 Å². The fourth-order valence-electron chi connectivity index (χ4n) is 2.23. The lowest BCUT2D eigenvalue weighted by Gasteiger charge is -2.13. The zero-order chi connectivity index (χ0) is 14.8. The van der Waals surface area contributed by atoms with E-state index in [1.165, 1.54) is 0 Å². The predicted octanol–water partition coefficient (Wildman–Crippen LogP) is 4.66. The topological polar surface area (TPSA) is 47.3 Å². The number of anilines is 1. The van der Waals surface area contributed by atoms with E-state index < -0.39 is 0 Å². The van der Waals surface area contributed by atoms with Gasteiger partial charge in [0.15, 0.2) is 16.5 Å². The van der Waals surface area contributed by atoms with Gasteiger partial charge in [-0.2, -0.15) is 0 Å². The molecule has 5 heteroatoms. The highest BCUT2D eigenvalue weighted by Crippen LogP contribution is 2.32. The Labute approximate surface area is 127 Å². The summed E-state index contributed by atoms with van der Waals surface area (Å²) in [6, 6.07) is 11.5. The highest BCUT2D eigenvalue weighted by Gasteiger charge is 2.15. The molecule has 2 heterocycles. The molecule has 0 saturated heterocycles. The van der Waals surface area contributed by atoms with Crippen molar-refractivity contribution in [3.05, 3.63) is 53.5 Å². The third-order valence-corrected chi connectivity index (χ3v) is 3.61. The van der Waals surface area contributed by atoms with E-state index in [9.17, 15) is 0 Å². The van der Waals surface area contributed by atoms with Crippen LogP contribution in [0.4, 0.5) is 5.69 Å². The molecule has 0 aliphatic rings. The number of benzene rings is 1. The Kier molecular flexibility index (Phi) is 3.71. The molecule has 108 valence electrons. The number of para-hydroxylation sites is 1. The molecule has 1 N–H and O–H groups in total. The Balaban J connectivity index is 1.91. The van der Waals surface area contributed by atoms with E-state index in [2.05, 4.69) is 10.3 Å². The normalized spacial score (nSPS) is 12.3. The van der Waals surface area contributed by atoms with Gasteiger partial charge in [-0.05, 0) is 31.2 Å². The highest BCUT2D eigenvalue weighted by molar-refractivity contribution is 6.31. The van der Waals surface area contributed by atoms with Crippen molar-refractivity contribution in [2.45, 2.75) is 13.0 Å². The number of nitrogens with one attached hydrogen (secondary N) is 1. The minimum absolute atomic E-state index is 0.0381. The number of aromatic nitrogens is 1. The number of hydrogen-bond acceptors (Lipinski definition) is 4. The van der Waals surface area contributed by atoms with Crippen molar-refractivity contribution in [3.63, 3.8) is 0 Å². The number of halogens is 1. The zero-order valence-corrected chi connectivity index (χ0v) is 12.5. The van der Waals surface area contributed by atoms with Crippen LogP contribution < -0.4 is 10.1 Å². The van der Waals surface area contributed by atoms with E-state index in [-0.39, 0.29) is 6.04 Å². The molecule has 2 aromatic heterocycles. The maximum Gasteiger partial charge on any atom is 0.176 e. The number of fused-ring (bicyclic) bond motifs is 1. The summed E-state index contributed by atoms with van der Waals surface area (Å²) in [5, 5.41) is 4.75. The number of methoxy groups -OCH3 is 1. The van der Waals surface area contributed by atoms with E-state index in [1.54, 1.807) is 13.3 Å². The van der Waals surface area contributed by atoms with Gasteiger partial charge in [0.05, 0.1) is 18.8 Å². The summed E-state index contributed by atoms with van der Waals surface area (Å²) >= 11 is 6.06. The third kappa shape index (κ3) is 2.67. The molecule has 1 aromatic carbocycles. The van der Waals surface area contributed by atoms with Crippen molar-refractivity contribution in [1.29, 1.82) is 0 Å². The Hall–Kier alpha value is -2.20. The van der Waals surface area contributed by atoms with Crippen LogP contribution in [0, 0.1) is 0 Å². The van der Waals surface area contributed by atoms with E-state index in [0.717, 1.165) is 28.2 Å². The summed E-state index contributed by atoms with van der Waals surface area (Å²) < 4.78 is 11.2. The van der Waals surface area contributed by atoms with Crippen molar-refractivity contribution in [2.75, 3.05) is 12.4 Å². The van der Waals surface area contributed by atoms with Gasteiger partial charge in [0, 0.05) is 11.6 Å². The number of hydrogen-bond donors (Lipinski definition) is 1. The van der Waals surface area contributed by atoms with Gasteiger partial charge in [-0.25, -0.2) is 4.98 Å². The molecule has 0 spiro atoms. The second-order valence-corrected chi connectivity index (χ2v) is 5.09. The summed E-state index contributed by atoms with van der Waals surface area (Å²) in [4.78, 5) is 4.05. The van der Waals surface area contributed by atoms with Gasteiger partial charge < -0.3 is 14.5 Å². The smallest absolute Gasteiger partial charge is 0.176 e. The summed E-state index contributed by atoms with van der Waals surface area (Å²) in [5.74, 6) is 1.54. The van der Waals surface area contributed by atoms with Crippen molar-refractivity contribution in [1.82, 2.24) is 4.98 Å². The monoisotopic (exact) mass is 302 g/mol. The fourth-order valence-corrected chi connectivity index (χ4v) is 2.40. The van der Waals surface area contributed by atoms with Gasteiger partial charge in [0.1, 0.15) is 5.76 Å². The van der Waals surface area contributed by atoms with Gasteiger partial charge in [-0.3, -0.25) is 0 Å². The van der Waals surface area contributed by atoms with Crippen LogP contribution in [0.2, 0.25) is 5.15 Å².